The molecule has 0 saturated heterocycles. The van der Waals surface area contributed by atoms with Crippen molar-refractivity contribution >= 4 is 34.9 Å². The molecule has 0 unspecified atom stereocenters. The average Bonchev–Trinajstić information content (AvgIpc) is 3.18. The molecule has 0 aliphatic rings. The summed E-state index contributed by atoms with van der Waals surface area (Å²) in [6.07, 6.45) is 1.68. The third kappa shape index (κ3) is 6.19. The summed E-state index contributed by atoms with van der Waals surface area (Å²) in [5, 5.41) is 8.24. The van der Waals surface area contributed by atoms with Crippen molar-refractivity contribution in [3.63, 3.8) is 0 Å². The van der Waals surface area contributed by atoms with E-state index in [0.717, 1.165) is 16.9 Å². The molecule has 4 rings (SSSR count). The number of rotatable bonds is 8. The van der Waals surface area contributed by atoms with E-state index < -0.39 is 0 Å². The third-order valence-electron chi connectivity index (χ3n) is 5.35. The molecule has 0 bridgehead atoms. The van der Waals surface area contributed by atoms with E-state index in [4.69, 9.17) is 27.9 Å². The Bertz CT molecular complexity index is 1270. The first-order valence-electron chi connectivity index (χ1n) is 11.0. The minimum Gasteiger partial charge on any atom is -0.489 e. The number of nitrogens with one attached hydrogen (secondary N) is 1. The lowest BCUT2D eigenvalue weighted by atomic mass is 10.0. The van der Waals surface area contributed by atoms with Gasteiger partial charge in [0.25, 0.3) is 5.91 Å². The molecule has 0 radical (unpaired) electrons. The summed E-state index contributed by atoms with van der Waals surface area (Å²) in [7, 11) is 0. The Morgan fingerprint density at radius 1 is 1.00 bits per heavy atom. The zero-order valence-electron chi connectivity index (χ0n) is 19.0. The van der Waals surface area contributed by atoms with Crippen molar-refractivity contribution in [1.29, 1.82) is 0 Å². The maximum absolute atomic E-state index is 12.8. The van der Waals surface area contributed by atoms with Crippen molar-refractivity contribution in [3.05, 3.63) is 111 Å². The molecule has 1 heterocycles. The molecule has 1 N–H and O–H groups in total. The molecule has 4 aromatic rings. The number of ether oxygens (including phenoxy) is 1. The number of benzene rings is 3. The second-order valence-electron chi connectivity index (χ2n) is 8.32. The van der Waals surface area contributed by atoms with Crippen LogP contribution < -0.4 is 10.1 Å². The molecule has 0 atom stereocenters. The SMILES string of the molecule is CC(C)c1ccc(OCc2cccc(C(=O)Nc3nn(Cc4ccc(Cl)cc4)cc3Cl)c2)cc1. The Kier molecular flexibility index (Phi) is 7.56. The molecule has 0 aliphatic heterocycles. The van der Waals surface area contributed by atoms with Gasteiger partial charge in [-0.1, -0.05) is 73.4 Å². The van der Waals surface area contributed by atoms with E-state index in [1.807, 2.05) is 48.5 Å². The van der Waals surface area contributed by atoms with Crippen LogP contribution in [0.15, 0.2) is 79.0 Å². The van der Waals surface area contributed by atoms with Gasteiger partial charge in [0, 0.05) is 16.8 Å². The molecule has 7 heteroatoms. The van der Waals surface area contributed by atoms with Gasteiger partial charge in [0.15, 0.2) is 5.82 Å². The van der Waals surface area contributed by atoms with E-state index in [-0.39, 0.29) is 5.91 Å². The number of hydrogen-bond acceptors (Lipinski definition) is 3. The van der Waals surface area contributed by atoms with E-state index in [2.05, 4.69) is 36.4 Å². The Labute approximate surface area is 209 Å². The molecule has 1 amide bonds. The first-order chi connectivity index (χ1) is 16.4. The molecular formula is C27H25Cl2N3O2. The quantitative estimate of drug-likeness (QED) is 0.282. The maximum atomic E-state index is 12.8. The van der Waals surface area contributed by atoms with Crippen LogP contribution in [0.3, 0.4) is 0 Å². The maximum Gasteiger partial charge on any atom is 0.256 e. The lowest BCUT2D eigenvalue weighted by Crippen LogP contribution is -2.13. The summed E-state index contributed by atoms with van der Waals surface area (Å²) in [4.78, 5) is 12.8. The first kappa shape index (κ1) is 23.9. The highest BCUT2D eigenvalue weighted by Crippen LogP contribution is 2.22. The van der Waals surface area contributed by atoms with Crippen molar-refractivity contribution in [3.8, 4) is 5.75 Å². The van der Waals surface area contributed by atoms with Gasteiger partial charge < -0.3 is 10.1 Å². The lowest BCUT2D eigenvalue weighted by molar-refractivity contribution is 0.102. The number of carbonyl (C=O) groups is 1. The number of carbonyl (C=O) groups excluding carboxylic acids is 1. The molecule has 5 nitrogen and oxygen atoms in total. The van der Waals surface area contributed by atoms with E-state index in [1.165, 1.54) is 5.56 Å². The van der Waals surface area contributed by atoms with Crippen molar-refractivity contribution in [1.82, 2.24) is 9.78 Å². The van der Waals surface area contributed by atoms with Gasteiger partial charge >= 0.3 is 0 Å². The molecular weight excluding hydrogens is 469 g/mol. The fraction of sp³-hybridized carbons (Fsp3) is 0.185. The van der Waals surface area contributed by atoms with Crippen LogP contribution in [-0.2, 0) is 13.2 Å². The van der Waals surface area contributed by atoms with Crippen LogP contribution in [0.25, 0.3) is 0 Å². The zero-order valence-corrected chi connectivity index (χ0v) is 20.5. The van der Waals surface area contributed by atoms with Crippen LogP contribution >= 0.6 is 23.2 Å². The largest absolute Gasteiger partial charge is 0.489 e. The molecule has 0 aliphatic carbocycles. The number of aromatic nitrogens is 2. The molecule has 0 saturated carbocycles. The van der Waals surface area contributed by atoms with E-state index in [0.29, 0.717) is 40.5 Å². The first-order valence-corrected chi connectivity index (χ1v) is 11.7. The lowest BCUT2D eigenvalue weighted by Gasteiger charge is -2.10. The normalized spacial score (nSPS) is 11.0. The molecule has 174 valence electrons. The number of anilines is 1. The Hall–Kier alpha value is -3.28. The van der Waals surface area contributed by atoms with Crippen LogP contribution in [0.4, 0.5) is 5.82 Å². The molecule has 0 fully saturated rings. The van der Waals surface area contributed by atoms with Crippen LogP contribution in [0, 0.1) is 0 Å². The highest BCUT2D eigenvalue weighted by atomic mass is 35.5. The summed E-state index contributed by atoms with van der Waals surface area (Å²) in [6.45, 7) is 5.18. The van der Waals surface area contributed by atoms with Crippen LogP contribution in [0.1, 0.15) is 46.8 Å². The van der Waals surface area contributed by atoms with E-state index >= 15 is 0 Å². The van der Waals surface area contributed by atoms with E-state index in [1.54, 1.807) is 23.0 Å². The van der Waals surface area contributed by atoms with Gasteiger partial charge in [0.2, 0.25) is 0 Å². The molecule has 3 aromatic carbocycles. The fourth-order valence-corrected chi connectivity index (χ4v) is 3.76. The number of halogens is 2. The molecule has 0 spiro atoms. The predicted octanol–water partition coefficient (Wildman–Crippen LogP) is 7.19. The second kappa shape index (κ2) is 10.8. The van der Waals surface area contributed by atoms with Gasteiger partial charge in [-0.3, -0.25) is 9.48 Å². The van der Waals surface area contributed by atoms with Crippen LogP contribution in [0.5, 0.6) is 5.75 Å². The van der Waals surface area contributed by atoms with Gasteiger partial charge in [-0.2, -0.15) is 5.10 Å². The average molecular weight is 494 g/mol. The monoisotopic (exact) mass is 493 g/mol. The van der Waals surface area contributed by atoms with Gasteiger partial charge in [0.05, 0.1) is 6.54 Å². The highest BCUT2D eigenvalue weighted by Gasteiger charge is 2.13. The van der Waals surface area contributed by atoms with Gasteiger partial charge in [-0.25, -0.2) is 0 Å². The van der Waals surface area contributed by atoms with Gasteiger partial charge in [-0.15, -0.1) is 0 Å². The number of hydrogen-bond donors (Lipinski definition) is 1. The minimum absolute atomic E-state index is 0.290. The number of nitrogens with zero attached hydrogens (tertiary/aromatic N) is 2. The summed E-state index contributed by atoms with van der Waals surface area (Å²) in [5.74, 6) is 1.29. The van der Waals surface area contributed by atoms with Crippen molar-refractivity contribution in [2.75, 3.05) is 5.32 Å². The van der Waals surface area contributed by atoms with Gasteiger partial charge in [0.1, 0.15) is 17.4 Å². The molecule has 1 aromatic heterocycles. The minimum atomic E-state index is -0.290. The summed E-state index contributed by atoms with van der Waals surface area (Å²) >= 11 is 12.2. The second-order valence-corrected chi connectivity index (χ2v) is 9.16. The van der Waals surface area contributed by atoms with Crippen LogP contribution in [-0.4, -0.2) is 15.7 Å². The highest BCUT2D eigenvalue weighted by molar-refractivity contribution is 6.33. The smallest absolute Gasteiger partial charge is 0.256 e. The van der Waals surface area contributed by atoms with Crippen molar-refractivity contribution in [2.45, 2.75) is 32.9 Å². The van der Waals surface area contributed by atoms with Crippen molar-refractivity contribution in [2.24, 2.45) is 0 Å². The topological polar surface area (TPSA) is 56.1 Å². The Balaban J connectivity index is 1.38. The summed E-state index contributed by atoms with van der Waals surface area (Å²) in [5.41, 5.74) is 3.67. The van der Waals surface area contributed by atoms with Crippen LogP contribution in [0.2, 0.25) is 10.0 Å². The number of amides is 1. The third-order valence-corrected chi connectivity index (χ3v) is 5.88. The predicted molar refractivity (Wildman–Crippen MR) is 137 cm³/mol. The fourth-order valence-electron chi connectivity index (χ4n) is 3.44. The standard InChI is InChI=1S/C27H25Cl2N3O2/c1-18(2)21-8-12-24(13-9-21)34-17-20-4-3-5-22(14-20)27(33)30-26-25(29)16-32(31-26)15-19-6-10-23(28)11-7-19/h3-14,16,18H,15,17H2,1-2H3,(H,30,31,33). The van der Waals surface area contributed by atoms with E-state index in [9.17, 15) is 4.79 Å². The molecule has 34 heavy (non-hydrogen) atoms. The summed E-state index contributed by atoms with van der Waals surface area (Å²) in [6, 6.07) is 22.9. The Morgan fingerprint density at radius 3 is 2.44 bits per heavy atom. The zero-order chi connectivity index (χ0) is 24.1. The van der Waals surface area contributed by atoms with Gasteiger partial charge in [-0.05, 0) is 59.0 Å². The van der Waals surface area contributed by atoms with Crippen molar-refractivity contribution < 1.29 is 9.53 Å². The summed E-state index contributed by atoms with van der Waals surface area (Å²) < 4.78 is 7.57. The Morgan fingerprint density at radius 2 is 1.74 bits per heavy atom.